The first kappa shape index (κ1) is 16.9. The van der Waals surface area contributed by atoms with E-state index in [2.05, 4.69) is 31.1 Å². The summed E-state index contributed by atoms with van der Waals surface area (Å²) in [4.78, 5) is 4.57. The number of likely N-dealkylation sites (N-methyl/N-ethyl adjacent to an activating group) is 1. The molecule has 0 aliphatic carbocycles. The fourth-order valence-electron chi connectivity index (χ4n) is 2.64. The molecule has 1 N–H and O–H groups in total. The highest BCUT2D eigenvalue weighted by Crippen LogP contribution is 2.26. The molecule has 20 heavy (non-hydrogen) atoms. The quantitative estimate of drug-likeness (QED) is 0.834. The molecule has 0 saturated carbocycles. The number of rotatable bonds is 7. The van der Waals surface area contributed by atoms with Crippen molar-refractivity contribution >= 4 is 0 Å². The summed E-state index contributed by atoms with van der Waals surface area (Å²) in [6.07, 6.45) is 2.69. The Kier molecular flexibility index (Phi) is 5.96. The van der Waals surface area contributed by atoms with E-state index in [4.69, 9.17) is 9.47 Å². The average Bonchev–Trinajstić information content (AvgIpc) is 2.38. The van der Waals surface area contributed by atoms with Gasteiger partial charge in [0.1, 0.15) is 5.75 Å². The zero-order valence-electron chi connectivity index (χ0n) is 13.8. The Bertz CT molecular complexity index is 444. The molecule has 0 aromatic carbocycles. The fourth-order valence-corrected chi connectivity index (χ4v) is 2.64. The summed E-state index contributed by atoms with van der Waals surface area (Å²) in [5.41, 5.74) is 2.99. The fraction of sp³-hybridized carbons (Fsp3) is 0.688. The van der Waals surface area contributed by atoms with Crippen LogP contribution in [0.1, 0.15) is 37.6 Å². The molecule has 1 heterocycles. The lowest BCUT2D eigenvalue weighted by molar-refractivity contribution is -0.0365. The molecule has 0 spiro atoms. The van der Waals surface area contributed by atoms with Gasteiger partial charge in [-0.1, -0.05) is 0 Å². The number of aryl methyl sites for hydroxylation is 1. The lowest BCUT2D eigenvalue weighted by Crippen LogP contribution is -2.48. The van der Waals surface area contributed by atoms with Crippen molar-refractivity contribution in [2.45, 2.75) is 52.7 Å². The molecule has 0 aliphatic heterocycles. The number of pyridine rings is 1. The van der Waals surface area contributed by atoms with Gasteiger partial charge in [0, 0.05) is 42.1 Å². The van der Waals surface area contributed by atoms with Gasteiger partial charge in [0.05, 0.1) is 12.7 Å². The maximum Gasteiger partial charge on any atom is 0.128 e. The number of nitrogens with one attached hydrogen (secondary N) is 1. The van der Waals surface area contributed by atoms with Crippen LogP contribution in [0.4, 0.5) is 0 Å². The van der Waals surface area contributed by atoms with Crippen LogP contribution in [0, 0.1) is 13.8 Å². The molecule has 0 amide bonds. The third kappa shape index (κ3) is 3.70. The maximum absolute atomic E-state index is 5.85. The lowest BCUT2D eigenvalue weighted by atomic mass is 9.92. The standard InChI is InChI=1S/C16H28N2O2/c1-8-20-16(4,5)14(17-6)9-13-12(3)15(19-7)11(2)10-18-13/h10,14,17H,8-9H2,1-7H3. The largest absolute Gasteiger partial charge is 0.496 e. The van der Waals surface area contributed by atoms with E-state index in [1.54, 1.807) is 7.11 Å². The van der Waals surface area contributed by atoms with Crippen molar-refractivity contribution < 1.29 is 9.47 Å². The van der Waals surface area contributed by atoms with Gasteiger partial charge in [0.15, 0.2) is 0 Å². The molecule has 1 atom stereocenters. The van der Waals surface area contributed by atoms with Crippen LogP contribution in [-0.2, 0) is 11.2 Å². The first-order chi connectivity index (χ1) is 9.37. The number of hydrogen-bond donors (Lipinski definition) is 1. The van der Waals surface area contributed by atoms with Gasteiger partial charge < -0.3 is 14.8 Å². The second kappa shape index (κ2) is 7.04. The van der Waals surface area contributed by atoms with Crippen LogP contribution in [0.25, 0.3) is 0 Å². The second-order valence-electron chi connectivity index (χ2n) is 5.63. The van der Waals surface area contributed by atoms with E-state index in [9.17, 15) is 0 Å². The van der Waals surface area contributed by atoms with Crippen LogP contribution in [0.5, 0.6) is 5.75 Å². The van der Waals surface area contributed by atoms with Crippen molar-refractivity contribution in [3.8, 4) is 5.75 Å². The molecule has 1 rings (SSSR count). The molecule has 114 valence electrons. The minimum Gasteiger partial charge on any atom is -0.496 e. The Labute approximate surface area is 122 Å². The van der Waals surface area contributed by atoms with Gasteiger partial charge in [0.25, 0.3) is 0 Å². The Balaban J connectivity index is 3.02. The van der Waals surface area contributed by atoms with Gasteiger partial charge in [-0.2, -0.15) is 0 Å². The van der Waals surface area contributed by atoms with Crippen molar-refractivity contribution in [3.63, 3.8) is 0 Å². The van der Waals surface area contributed by atoms with E-state index in [-0.39, 0.29) is 11.6 Å². The molecule has 0 aliphatic rings. The van der Waals surface area contributed by atoms with E-state index in [0.29, 0.717) is 6.61 Å². The average molecular weight is 280 g/mol. The van der Waals surface area contributed by atoms with Crippen LogP contribution < -0.4 is 10.1 Å². The summed E-state index contributed by atoms with van der Waals surface area (Å²) in [6.45, 7) is 11.0. The van der Waals surface area contributed by atoms with E-state index < -0.39 is 0 Å². The first-order valence-electron chi connectivity index (χ1n) is 7.17. The van der Waals surface area contributed by atoms with Gasteiger partial charge in [-0.15, -0.1) is 0 Å². The molecule has 1 unspecified atom stereocenters. The van der Waals surface area contributed by atoms with Crippen LogP contribution in [0.2, 0.25) is 0 Å². The molecule has 0 radical (unpaired) electrons. The minimum atomic E-state index is -0.240. The summed E-state index contributed by atoms with van der Waals surface area (Å²) in [5, 5.41) is 3.35. The Morgan fingerprint density at radius 2 is 2.00 bits per heavy atom. The van der Waals surface area contributed by atoms with Crippen LogP contribution in [0.15, 0.2) is 6.20 Å². The van der Waals surface area contributed by atoms with E-state index in [1.807, 2.05) is 27.1 Å². The number of nitrogens with zero attached hydrogens (tertiary/aromatic N) is 1. The third-order valence-corrected chi connectivity index (χ3v) is 3.85. The molecule has 4 heteroatoms. The summed E-state index contributed by atoms with van der Waals surface area (Å²) in [5.74, 6) is 0.930. The third-order valence-electron chi connectivity index (χ3n) is 3.85. The minimum absolute atomic E-state index is 0.195. The Hall–Kier alpha value is -1.13. The van der Waals surface area contributed by atoms with Crippen molar-refractivity contribution in [1.82, 2.24) is 10.3 Å². The van der Waals surface area contributed by atoms with E-state index in [0.717, 1.165) is 29.0 Å². The van der Waals surface area contributed by atoms with Crippen molar-refractivity contribution in [1.29, 1.82) is 0 Å². The highest BCUT2D eigenvalue weighted by molar-refractivity contribution is 5.41. The first-order valence-corrected chi connectivity index (χ1v) is 7.17. The normalized spacial score (nSPS) is 13.3. The summed E-state index contributed by atoms with van der Waals surface area (Å²) < 4.78 is 11.3. The highest BCUT2D eigenvalue weighted by atomic mass is 16.5. The number of hydrogen-bond acceptors (Lipinski definition) is 4. The van der Waals surface area contributed by atoms with Gasteiger partial charge in [-0.25, -0.2) is 0 Å². The van der Waals surface area contributed by atoms with Crippen LogP contribution in [0.3, 0.4) is 0 Å². The monoisotopic (exact) mass is 280 g/mol. The molecule has 0 saturated heterocycles. The van der Waals surface area contributed by atoms with Gasteiger partial charge in [0.2, 0.25) is 0 Å². The zero-order valence-corrected chi connectivity index (χ0v) is 13.8. The van der Waals surface area contributed by atoms with Crippen LogP contribution >= 0.6 is 0 Å². The maximum atomic E-state index is 5.85. The Morgan fingerprint density at radius 3 is 2.50 bits per heavy atom. The van der Waals surface area contributed by atoms with Crippen molar-refractivity contribution in [2.24, 2.45) is 0 Å². The predicted octanol–water partition coefficient (Wildman–Crippen LogP) is 2.65. The topological polar surface area (TPSA) is 43.4 Å². The molecule has 1 aromatic heterocycles. The molecular weight excluding hydrogens is 252 g/mol. The van der Waals surface area contributed by atoms with Crippen LogP contribution in [-0.4, -0.2) is 37.4 Å². The number of ether oxygens (including phenoxy) is 2. The smallest absolute Gasteiger partial charge is 0.128 e. The van der Waals surface area contributed by atoms with E-state index in [1.165, 1.54) is 0 Å². The SMILES string of the molecule is CCOC(C)(C)C(Cc1ncc(C)c(OC)c1C)NC. The number of aromatic nitrogens is 1. The van der Waals surface area contributed by atoms with E-state index >= 15 is 0 Å². The molecular formula is C16H28N2O2. The van der Waals surface area contributed by atoms with Gasteiger partial charge in [-0.3, -0.25) is 4.98 Å². The highest BCUT2D eigenvalue weighted by Gasteiger charge is 2.30. The molecule has 1 aromatic rings. The second-order valence-corrected chi connectivity index (χ2v) is 5.63. The van der Waals surface area contributed by atoms with Crippen molar-refractivity contribution in [3.05, 3.63) is 23.0 Å². The zero-order chi connectivity index (χ0) is 15.3. The molecule has 0 fully saturated rings. The number of methoxy groups -OCH3 is 1. The summed E-state index contributed by atoms with van der Waals surface area (Å²) >= 11 is 0. The van der Waals surface area contributed by atoms with Gasteiger partial charge >= 0.3 is 0 Å². The molecule has 4 nitrogen and oxygen atoms in total. The predicted molar refractivity (Wildman–Crippen MR) is 82.5 cm³/mol. The lowest BCUT2D eigenvalue weighted by Gasteiger charge is -2.34. The Morgan fingerprint density at radius 1 is 1.35 bits per heavy atom. The summed E-state index contributed by atoms with van der Waals surface area (Å²) in [7, 11) is 3.67. The van der Waals surface area contributed by atoms with Gasteiger partial charge in [-0.05, 0) is 41.7 Å². The van der Waals surface area contributed by atoms with Crippen molar-refractivity contribution in [2.75, 3.05) is 20.8 Å². The summed E-state index contributed by atoms with van der Waals surface area (Å²) in [6, 6.07) is 0.195. The molecule has 0 bridgehead atoms.